The lowest BCUT2D eigenvalue weighted by atomic mass is 10.2. The third-order valence-corrected chi connectivity index (χ3v) is 3.34. The Morgan fingerprint density at radius 3 is 2.46 bits per heavy atom. The highest BCUT2D eigenvalue weighted by Crippen LogP contribution is 2.36. The zero-order chi connectivity index (χ0) is 17.7. The van der Waals surface area contributed by atoms with Gasteiger partial charge in [0.1, 0.15) is 12.4 Å². The molecule has 1 aromatic heterocycles. The molecule has 128 valence electrons. The van der Waals surface area contributed by atoms with Gasteiger partial charge in [0.15, 0.2) is 11.5 Å². The zero-order valence-corrected chi connectivity index (χ0v) is 14.0. The second-order valence-corrected chi connectivity index (χ2v) is 4.93. The highest BCUT2D eigenvalue weighted by molar-refractivity contribution is 6.32. The van der Waals surface area contributed by atoms with Gasteiger partial charge in [-0.3, -0.25) is 0 Å². The molecule has 0 fully saturated rings. The fourth-order valence-corrected chi connectivity index (χ4v) is 2.21. The van der Waals surface area contributed by atoms with Crippen LogP contribution in [0.2, 0.25) is 5.02 Å². The highest BCUT2D eigenvalue weighted by Gasteiger charge is 2.17. The standard InChI is InChI=1S/C16H15ClO7/c1-20-13-7-9(6-11(17)14(13)21-2)15(18)23-8-10-4-5-12(24-10)16(19)22-3/h4-7H,8H2,1-3H3. The first-order valence-electron chi connectivity index (χ1n) is 6.75. The van der Waals surface area contributed by atoms with Crippen LogP contribution in [0.4, 0.5) is 0 Å². The maximum absolute atomic E-state index is 12.1. The van der Waals surface area contributed by atoms with Crippen molar-refractivity contribution in [1.82, 2.24) is 0 Å². The third kappa shape index (κ3) is 3.80. The first-order valence-corrected chi connectivity index (χ1v) is 7.13. The molecule has 0 bridgehead atoms. The third-order valence-electron chi connectivity index (χ3n) is 3.06. The SMILES string of the molecule is COC(=O)c1ccc(COC(=O)c2cc(Cl)c(OC)c(OC)c2)o1. The van der Waals surface area contributed by atoms with Crippen molar-refractivity contribution >= 4 is 23.5 Å². The summed E-state index contributed by atoms with van der Waals surface area (Å²) in [7, 11) is 4.11. The minimum atomic E-state index is -0.631. The van der Waals surface area contributed by atoms with Crippen molar-refractivity contribution in [3.05, 3.63) is 46.4 Å². The van der Waals surface area contributed by atoms with E-state index in [4.69, 9.17) is 30.2 Å². The van der Waals surface area contributed by atoms with Crippen molar-refractivity contribution in [2.45, 2.75) is 6.61 Å². The molecule has 0 atom stereocenters. The van der Waals surface area contributed by atoms with Crippen LogP contribution < -0.4 is 9.47 Å². The van der Waals surface area contributed by atoms with Crippen LogP contribution in [0.3, 0.4) is 0 Å². The van der Waals surface area contributed by atoms with Gasteiger partial charge in [-0.1, -0.05) is 11.6 Å². The van der Waals surface area contributed by atoms with Crippen molar-refractivity contribution < 1.29 is 33.0 Å². The number of esters is 2. The number of rotatable bonds is 6. The second kappa shape index (κ2) is 7.74. The van der Waals surface area contributed by atoms with Crippen LogP contribution in [0.5, 0.6) is 11.5 Å². The maximum Gasteiger partial charge on any atom is 0.373 e. The van der Waals surface area contributed by atoms with Crippen LogP contribution in [-0.2, 0) is 16.1 Å². The van der Waals surface area contributed by atoms with Crippen LogP contribution in [-0.4, -0.2) is 33.3 Å². The minimum absolute atomic E-state index is 0.0257. The topological polar surface area (TPSA) is 84.2 Å². The van der Waals surface area contributed by atoms with Crippen LogP contribution in [0.25, 0.3) is 0 Å². The van der Waals surface area contributed by atoms with Crippen LogP contribution >= 0.6 is 11.6 Å². The van der Waals surface area contributed by atoms with Gasteiger partial charge in [0.25, 0.3) is 0 Å². The molecule has 2 aromatic rings. The van der Waals surface area contributed by atoms with Gasteiger partial charge in [-0.05, 0) is 24.3 Å². The summed E-state index contributed by atoms with van der Waals surface area (Å²) in [6.07, 6.45) is 0. The van der Waals surface area contributed by atoms with E-state index in [1.165, 1.54) is 45.6 Å². The molecular formula is C16H15ClO7. The summed E-state index contributed by atoms with van der Waals surface area (Å²) < 4.78 is 25.1. The molecular weight excluding hydrogens is 340 g/mol. The average molecular weight is 355 g/mol. The Morgan fingerprint density at radius 2 is 1.83 bits per heavy atom. The molecule has 0 aliphatic carbocycles. The van der Waals surface area contributed by atoms with E-state index >= 15 is 0 Å². The first-order chi connectivity index (χ1) is 11.5. The molecule has 0 saturated carbocycles. The summed E-state index contributed by atoms with van der Waals surface area (Å²) >= 11 is 6.05. The number of carbonyl (C=O) groups excluding carboxylic acids is 2. The molecule has 0 radical (unpaired) electrons. The molecule has 8 heteroatoms. The molecule has 2 rings (SSSR count). The largest absolute Gasteiger partial charge is 0.493 e. The predicted molar refractivity (Wildman–Crippen MR) is 83.7 cm³/mol. The molecule has 7 nitrogen and oxygen atoms in total. The van der Waals surface area contributed by atoms with E-state index in [9.17, 15) is 9.59 Å². The van der Waals surface area contributed by atoms with Gasteiger partial charge >= 0.3 is 11.9 Å². The number of ether oxygens (including phenoxy) is 4. The van der Waals surface area contributed by atoms with Gasteiger partial charge in [0, 0.05) is 0 Å². The molecule has 0 aliphatic rings. The first kappa shape index (κ1) is 17.7. The lowest BCUT2D eigenvalue weighted by molar-refractivity contribution is 0.0438. The van der Waals surface area contributed by atoms with E-state index in [-0.39, 0.29) is 23.0 Å². The summed E-state index contributed by atoms with van der Waals surface area (Å²) in [5, 5.41) is 0.217. The molecule has 0 spiro atoms. The van der Waals surface area contributed by atoms with Crippen LogP contribution in [0.15, 0.2) is 28.7 Å². The quantitative estimate of drug-likeness (QED) is 0.737. The molecule has 0 N–H and O–H groups in total. The molecule has 0 amide bonds. The van der Waals surface area contributed by atoms with Crippen LogP contribution in [0.1, 0.15) is 26.7 Å². The predicted octanol–water partition coefficient (Wildman–Crippen LogP) is 3.09. The van der Waals surface area contributed by atoms with E-state index < -0.39 is 11.9 Å². The average Bonchev–Trinajstić information content (AvgIpc) is 3.07. The smallest absolute Gasteiger partial charge is 0.373 e. The van der Waals surface area contributed by atoms with Crippen molar-refractivity contribution in [1.29, 1.82) is 0 Å². The number of hydrogen-bond donors (Lipinski definition) is 0. The van der Waals surface area contributed by atoms with E-state index in [0.717, 1.165) is 0 Å². The summed E-state index contributed by atoms with van der Waals surface area (Å²) in [4.78, 5) is 23.4. The van der Waals surface area contributed by atoms with Gasteiger partial charge in [0.05, 0.1) is 31.9 Å². The van der Waals surface area contributed by atoms with Gasteiger partial charge in [-0.15, -0.1) is 0 Å². The summed E-state index contributed by atoms with van der Waals surface area (Å²) in [5.41, 5.74) is 0.192. The lowest BCUT2D eigenvalue weighted by Gasteiger charge is -2.11. The summed E-state index contributed by atoms with van der Waals surface area (Å²) in [6, 6.07) is 5.81. The fourth-order valence-electron chi connectivity index (χ4n) is 1.92. The molecule has 0 aliphatic heterocycles. The van der Waals surface area contributed by atoms with Crippen molar-refractivity contribution in [2.24, 2.45) is 0 Å². The minimum Gasteiger partial charge on any atom is -0.493 e. The number of methoxy groups -OCH3 is 3. The molecule has 1 aromatic carbocycles. The Morgan fingerprint density at radius 1 is 1.08 bits per heavy atom. The fraction of sp³-hybridized carbons (Fsp3) is 0.250. The number of benzene rings is 1. The zero-order valence-electron chi connectivity index (χ0n) is 13.3. The maximum atomic E-state index is 12.1. The van der Waals surface area contributed by atoms with Crippen molar-refractivity contribution in [3.8, 4) is 11.5 Å². The Hall–Kier alpha value is -2.67. The molecule has 0 saturated heterocycles. The monoisotopic (exact) mass is 354 g/mol. The number of carbonyl (C=O) groups is 2. The van der Waals surface area contributed by atoms with E-state index in [1.807, 2.05) is 0 Å². The van der Waals surface area contributed by atoms with E-state index in [0.29, 0.717) is 17.3 Å². The number of hydrogen-bond acceptors (Lipinski definition) is 7. The Labute approximate surface area is 143 Å². The van der Waals surface area contributed by atoms with Gasteiger partial charge < -0.3 is 23.4 Å². The molecule has 24 heavy (non-hydrogen) atoms. The Kier molecular flexibility index (Phi) is 5.70. The highest BCUT2D eigenvalue weighted by atomic mass is 35.5. The number of halogens is 1. The lowest BCUT2D eigenvalue weighted by Crippen LogP contribution is -2.06. The van der Waals surface area contributed by atoms with E-state index in [2.05, 4.69) is 4.74 Å². The normalized spacial score (nSPS) is 10.2. The number of furan rings is 1. The van der Waals surface area contributed by atoms with E-state index in [1.54, 1.807) is 0 Å². The Balaban J connectivity index is 2.09. The van der Waals surface area contributed by atoms with Gasteiger partial charge in [0.2, 0.25) is 5.76 Å². The summed E-state index contributed by atoms with van der Waals surface area (Å²) in [5.74, 6) is -0.284. The molecule has 1 heterocycles. The van der Waals surface area contributed by atoms with Gasteiger partial charge in [-0.25, -0.2) is 9.59 Å². The second-order valence-electron chi connectivity index (χ2n) is 4.53. The summed E-state index contributed by atoms with van der Waals surface area (Å²) in [6.45, 7) is -0.151. The van der Waals surface area contributed by atoms with Crippen LogP contribution in [0, 0.1) is 0 Å². The van der Waals surface area contributed by atoms with Gasteiger partial charge in [-0.2, -0.15) is 0 Å². The Bertz CT molecular complexity index is 751. The van der Waals surface area contributed by atoms with Crippen molar-refractivity contribution in [3.63, 3.8) is 0 Å². The molecule has 0 unspecified atom stereocenters. The van der Waals surface area contributed by atoms with Crippen molar-refractivity contribution in [2.75, 3.05) is 21.3 Å².